The summed E-state index contributed by atoms with van der Waals surface area (Å²) in [7, 11) is 0. The average Bonchev–Trinajstić information content (AvgIpc) is 2.55. The van der Waals surface area contributed by atoms with Crippen LogP contribution in [0.1, 0.15) is 32.5 Å². The Morgan fingerprint density at radius 2 is 1.90 bits per heavy atom. The maximum atomic E-state index is 5.52. The van der Waals surface area contributed by atoms with Crippen LogP contribution in [0.3, 0.4) is 0 Å². The summed E-state index contributed by atoms with van der Waals surface area (Å²) in [5.74, 6) is 7.84. The molecule has 0 fully saturated rings. The largest absolute Gasteiger partial charge is 0.326 e. The van der Waals surface area contributed by atoms with Crippen LogP contribution in [0.4, 0.5) is 17.3 Å². The fraction of sp³-hybridized carbons (Fsp3) is 0.375. The first-order valence-electron chi connectivity index (χ1n) is 7.45. The predicted octanol–water partition coefficient (Wildman–Crippen LogP) is 3.26. The zero-order valence-corrected chi connectivity index (χ0v) is 12.7. The SMILES string of the molecule is CCCCN(c1ccccc1)c1cc(NN)nc(CC)n1. The van der Waals surface area contributed by atoms with Gasteiger partial charge < -0.3 is 10.3 Å². The molecule has 0 amide bonds. The van der Waals surface area contributed by atoms with Gasteiger partial charge in [-0.25, -0.2) is 15.8 Å². The van der Waals surface area contributed by atoms with Crippen LogP contribution in [0, 0.1) is 0 Å². The van der Waals surface area contributed by atoms with Crippen molar-refractivity contribution in [3.05, 3.63) is 42.2 Å². The summed E-state index contributed by atoms with van der Waals surface area (Å²) in [6, 6.07) is 12.2. The molecule has 1 aromatic heterocycles. The standard InChI is InChI=1S/C16H23N5/c1-3-5-11-21(13-9-7-6-8-10-13)16-12-15(20-17)18-14(4-2)19-16/h6-10,12H,3-5,11,17H2,1-2H3,(H,18,19,20). The molecule has 21 heavy (non-hydrogen) atoms. The number of nitrogens with two attached hydrogens (primary N) is 1. The van der Waals surface area contributed by atoms with E-state index in [1.165, 1.54) is 0 Å². The van der Waals surface area contributed by atoms with E-state index in [0.717, 1.165) is 43.1 Å². The molecule has 0 spiro atoms. The van der Waals surface area contributed by atoms with E-state index < -0.39 is 0 Å². The Hall–Kier alpha value is -2.14. The number of aromatic nitrogens is 2. The van der Waals surface area contributed by atoms with Gasteiger partial charge in [0.1, 0.15) is 17.5 Å². The molecule has 112 valence electrons. The van der Waals surface area contributed by atoms with Gasteiger partial charge in [0.2, 0.25) is 0 Å². The van der Waals surface area contributed by atoms with Gasteiger partial charge in [0, 0.05) is 24.7 Å². The zero-order valence-electron chi connectivity index (χ0n) is 12.7. The van der Waals surface area contributed by atoms with Crippen LogP contribution in [-0.4, -0.2) is 16.5 Å². The molecule has 1 heterocycles. The third kappa shape index (κ3) is 3.92. The number of aryl methyl sites for hydroxylation is 1. The summed E-state index contributed by atoms with van der Waals surface area (Å²) < 4.78 is 0. The normalized spacial score (nSPS) is 10.4. The summed E-state index contributed by atoms with van der Waals surface area (Å²) in [4.78, 5) is 11.2. The van der Waals surface area contributed by atoms with E-state index in [-0.39, 0.29) is 0 Å². The number of hydrogen-bond donors (Lipinski definition) is 2. The van der Waals surface area contributed by atoms with Gasteiger partial charge >= 0.3 is 0 Å². The second kappa shape index (κ2) is 7.59. The highest BCUT2D eigenvalue weighted by Crippen LogP contribution is 2.25. The van der Waals surface area contributed by atoms with Gasteiger partial charge in [-0.3, -0.25) is 0 Å². The third-order valence-corrected chi connectivity index (χ3v) is 3.30. The molecule has 0 aliphatic carbocycles. The van der Waals surface area contributed by atoms with Crippen molar-refractivity contribution in [1.82, 2.24) is 9.97 Å². The summed E-state index contributed by atoms with van der Waals surface area (Å²) in [5.41, 5.74) is 3.76. The molecule has 0 atom stereocenters. The van der Waals surface area contributed by atoms with E-state index in [0.29, 0.717) is 5.82 Å². The van der Waals surface area contributed by atoms with Crippen molar-refractivity contribution in [2.75, 3.05) is 16.9 Å². The van der Waals surface area contributed by atoms with E-state index in [2.05, 4.69) is 39.4 Å². The quantitative estimate of drug-likeness (QED) is 0.603. The number of benzene rings is 1. The molecule has 0 unspecified atom stereocenters. The minimum atomic E-state index is 0.647. The highest BCUT2D eigenvalue weighted by molar-refractivity contribution is 5.62. The Bertz CT molecular complexity index is 534. The molecular formula is C16H23N5. The molecule has 0 saturated carbocycles. The Morgan fingerprint density at radius 1 is 1.14 bits per heavy atom. The molecule has 0 aliphatic heterocycles. The number of nitrogens with zero attached hydrogens (tertiary/aromatic N) is 3. The second-order valence-corrected chi connectivity index (χ2v) is 4.87. The van der Waals surface area contributed by atoms with E-state index in [9.17, 15) is 0 Å². The van der Waals surface area contributed by atoms with Crippen LogP contribution in [0.25, 0.3) is 0 Å². The number of hydrazine groups is 1. The molecule has 0 saturated heterocycles. The number of para-hydroxylation sites is 1. The first-order valence-corrected chi connectivity index (χ1v) is 7.45. The predicted molar refractivity (Wildman–Crippen MR) is 87.6 cm³/mol. The number of unbranched alkanes of at least 4 members (excludes halogenated alkanes) is 1. The lowest BCUT2D eigenvalue weighted by Gasteiger charge is -2.24. The maximum absolute atomic E-state index is 5.52. The zero-order chi connectivity index (χ0) is 15.1. The number of nitrogens with one attached hydrogen (secondary N) is 1. The van der Waals surface area contributed by atoms with Crippen LogP contribution in [0.2, 0.25) is 0 Å². The van der Waals surface area contributed by atoms with Crippen LogP contribution in [0.15, 0.2) is 36.4 Å². The van der Waals surface area contributed by atoms with Crippen molar-refractivity contribution in [3.8, 4) is 0 Å². The van der Waals surface area contributed by atoms with Crippen molar-refractivity contribution < 1.29 is 0 Å². The van der Waals surface area contributed by atoms with Gasteiger partial charge in [0.05, 0.1) is 0 Å². The third-order valence-electron chi connectivity index (χ3n) is 3.30. The van der Waals surface area contributed by atoms with Crippen LogP contribution >= 0.6 is 0 Å². The minimum Gasteiger partial charge on any atom is -0.326 e. The van der Waals surface area contributed by atoms with Crippen LogP contribution in [0.5, 0.6) is 0 Å². The highest BCUT2D eigenvalue weighted by Gasteiger charge is 2.12. The lowest BCUT2D eigenvalue weighted by Crippen LogP contribution is -2.21. The Morgan fingerprint density at radius 3 is 2.52 bits per heavy atom. The second-order valence-electron chi connectivity index (χ2n) is 4.87. The van der Waals surface area contributed by atoms with E-state index in [1.807, 2.05) is 31.2 Å². The molecule has 5 heteroatoms. The topological polar surface area (TPSA) is 67.1 Å². The molecule has 0 aliphatic rings. The van der Waals surface area contributed by atoms with Crippen molar-refractivity contribution in [1.29, 1.82) is 0 Å². The molecule has 5 nitrogen and oxygen atoms in total. The smallest absolute Gasteiger partial charge is 0.145 e. The average molecular weight is 285 g/mol. The number of hydrogen-bond acceptors (Lipinski definition) is 5. The summed E-state index contributed by atoms with van der Waals surface area (Å²) in [5, 5.41) is 0. The van der Waals surface area contributed by atoms with Gasteiger partial charge in [-0.2, -0.15) is 0 Å². The van der Waals surface area contributed by atoms with Gasteiger partial charge in [-0.1, -0.05) is 38.5 Å². The summed E-state index contributed by atoms with van der Waals surface area (Å²) in [6.45, 7) is 5.15. The molecule has 2 rings (SSSR count). The maximum Gasteiger partial charge on any atom is 0.145 e. The van der Waals surface area contributed by atoms with Gasteiger partial charge in [0.15, 0.2) is 0 Å². The molecule has 0 bridgehead atoms. The number of anilines is 3. The van der Waals surface area contributed by atoms with Gasteiger partial charge in [-0.15, -0.1) is 0 Å². The molecule has 2 aromatic rings. The molecular weight excluding hydrogens is 262 g/mol. The van der Waals surface area contributed by atoms with Crippen LogP contribution < -0.4 is 16.2 Å². The van der Waals surface area contributed by atoms with Crippen molar-refractivity contribution in [2.24, 2.45) is 5.84 Å². The first-order chi connectivity index (χ1) is 10.3. The van der Waals surface area contributed by atoms with Crippen molar-refractivity contribution in [2.45, 2.75) is 33.1 Å². The van der Waals surface area contributed by atoms with E-state index >= 15 is 0 Å². The lowest BCUT2D eigenvalue weighted by molar-refractivity contribution is 0.774. The van der Waals surface area contributed by atoms with E-state index in [1.54, 1.807) is 0 Å². The van der Waals surface area contributed by atoms with Gasteiger partial charge in [0.25, 0.3) is 0 Å². The Balaban J connectivity index is 2.40. The Kier molecular flexibility index (Phi) is 5.51. The summed E-state index contributed by atoms with van der Waals surface area (Å²) in [6.07, 6.45) is 3.02. The Labute approximate surface area is 126 Å². The lowest BCUT2D eigenvalue weighted by atomic mass is 10.2. The minimum absolute atomic E-state index is 0.647. The highest BCUT2D eigenvalue weighted by atomic mass is 15.3. The molecule has 1 aromatic carbocycles. The fourth-order valence-corrected chi connectivity index (χ4v) is 2.15. The fourth-order valence-electron chi connectivity index (χ4n) is 2.15. The summed E-state index contributed by atoms with van der Waals surface area (Å²) >= 11 is 0. The first kappa shape index (κ1) is 15.3. The van der Waals surface area contributed by atoms with E-state index in [4.69, 9.17) is 5.84 Å². The monoisotopic (exact) mass is 285 g/mol. The van der Waals surface area contributed by atoms with Crippen molar-refractivity contribution in [3.63, 3.8) is 0 Å². The van der Waals surface area contributed by atoms with Gasteiger partial charge in [-0.05, 0) is 18.6 Å². The molecule has 0 radical (unpaired) electrons. The number of rotatable bonds is 7. The molecule has 3 N–H and O–H groups in total. The van der Waals surface area contributed by atoms with Crippen LogP contribution in [-0.2, 0) is 6.42 Å². The number of nitrogen functional groups attached to an aromatic ring is 1. The van der Waals surface area contributed by atoms with Crippen molar-refractivity contribution >= 4 is 17.3 Å².